The van der Waals surface area contributed by atoms with E-state index in [0.29, 0.717) is 28.4 Å². The van der Waals surface area contributed by atoms with Crippen LogP contribution >= 0.6 is 11.6 Å². The highest BCUT2D eigenvalue weighted by atomic mass is 35.5. The second kappa shape index (κ2) is 4.41. The average Bonchev–Trinajstić information content (AvgIpc) is 2.42. The van der Waals surface area contributed by atoms with Crippen molar-refractivity contribution in [2.45, 2.75) is 18.9 Å². The normalized spacial score (nSPS) is 25.9. The fourth-order valence-electron chi connectivity index (χ4n) is 2.82. The molecule has 94 valence electrons. The van der Waals surface area contributed by atoms with Crippen LogP contribution in [-0.2, 0) is 0 Å². The topological polar surface area (TPSA) is 61.9 Å². The second-order valence-corrected chi connectivity index (χ2v) is 5.40. The Balaban J connectivity index is 1.98. The zero-order valence-corrected chi connectivity index (χ0v) is 10.8. The first-order chi connectivity index (χ1) is 8.66. The molecule has 3 nitrogen and oxygen atoms in total. The minimum Gasteiger partial charge on any atom is -0.397 e. The van der Waals surface area contributed by atoms with Gasteiger partial charge in [0, 0.05) is 18.2 Å². The quantitative estimate of drug-likeness (QED) is 0.566. The van der Waals surface area contributed by atoms with Gasteiger partial charge in [0.2, 0.25) is 0 Å². The third-order valence-corrected chi connectivity index (χ3v) is 4.18. The van der Waals surface area contributed by atoms with Gasteiger partial charge in [-0.05, 0) is 30.4 Å². The zero-order valence-electron chi connectivity index (χ0n) is 10.0. The van der Waals surface area contributed by atoms with E-state index in [4.69, 9.17) is 22.7 Å². The number of fused-ring (bicyclic) bond motifs is 2. The molecule has 1 aliphatic carbocycles. The van der Waals surface area contributed by atoms with Crippen LogP contribution in [0.25, 0.3) is 0 Å². The van der Waals surface area contributed by atoms with Crippen molar-refractivity contribution in [1.82, 2.24) is 5.32 Å². The van der Waals surface area contributed by atoms with Crippen molar-refractivity contribution in [3.8, 4) is 0 Å². The van der Waals surface area contributed by atoms with Gasteiger partial charge in [0.05, 0.1) is 16.4 Å². The van der Waals surface area contributed by atoms with Crippen LogP contribution in [0.1, 0.15) is 18.4 Å². The Morgan fingerprint density at radius 3 is 2.83 bits per heavy atom. The maximum atomic E-state index is 8.37. The molecule has 0 aromatic heterocycles. The Hall–Kier alpha value is -1.32. The summed E-state index contributed by atoms with van der Waals surface area (Å²) in [6, 6.07) is 5.78. The minimum absolute atomic E-state index is 0.306. The zero-order chi connectivity index (χ0) is 12.7. The maximum absolute atomic E-state index is 8.37. The van der Waals surface area contributed by atoms with Crippen LogP contribution in [0.3, 0.4) is 0 Å². The SMILES string of the molecule is N=C(C1=CC2CCC1NC2)c1cccc(Cl)c1N. The molecule has 3 aliphatic rings. The van der Waals surface area contributed by atoms with Crippen molar-refractivity contribution < 1.29 is 0 Å². The highest BCUT2D eigenvalue weighted by Crippen LogP contribution is 2.32. The molecule has 1 saturated heterocycles. The van der Waals surface area contributed by atoms with Gasteiger partial charge in [0.1, 0.15) is 0 Å². The molecular weight excluding hydrogens is 246 g/mol. The van der Waals surface area contributed by atoms with Crippen molar-refractivity contribution in [2.24, 2.45) is 5.92 Å². The van der Waals surface area contributed by atoms with Gasteiger partial charge < -0.3 is 11.1 Å². The summed E-state index contributed by atoms with van der Waals surface area (Å²) in [5.41, 5.74) is 8.80. The number of piperidine rings is 1. The number of nitrogens with one attached hydrogen (secondary N) is 2. The monoisotopic (exact) mass is 261 g/mol. The largest absolute Gasteiger partial charge is 0.397 e. The third kappa shape index (κ3) is 1.84. The van der Waals surface area contributed by atoms with E-state index in [1.807, 2.05) is 12.1 Å². The van der Waals surface area contributed by atoms with Crippen LogP contribution in [0.5, 0.6) is 0 Å². The molecule has 2 atom stereocenters. The summed E-state index contributed by atoms with van der Waals surface area (Å²) >= 11 is 6.02. The van der Waals surface area contributed by atoms with Gasteiger partial charge in [-0.1, -0.05) is 29.8 Å². The van der Waals surface area contributed by atoms with Crippen LogP contribution in [0.15, 0.2) is 29.8 Å². The molecule has 0 amide bonds. The Bertz CT molecular complexity index is 528. The fraction of sp³-hybridized carbons (Fsp3) is 0.357. The van der Waals surface area contributed by atoms with Gasteiger partial charge in [0.15, 0.2) is 0 Å². The standard InChI is InChI=1S/C14H16ClN3/c15-11-3-1-2-9(14(11)17)13(16)10-6-8-4-5-12(10)18-7-8/h1-3,6,8,12,16,18H,4-5,7,17H2. The fourth-order valence-corrected chi connectivity index (χ4v) is 3.00. The van der Waals surface area contributed by atoms with Gasteiger partial charge in [0.25, 0.3) is 0 Å². The van der Waals surface area contributed by atoms with Crippen LogP contribution in [-0.4, -0.2) is 18.3 Å². The molecule has 0 saturated carbocycles. The molecule has 18 heavy (non-hydrogen) atoms. The molecule has 1 fully saturated rings. The lowest BCUT2D eigenvalue weighted by Gasteiger charge is -2.37. The molecule has 4 heteroatoms. The molecular formula is C14H16ClN3. The van der Waals surface area contributed by atoms with Crippen LogP contribution in [0, 0.1) is 11.3 Å². The van der Waals surface area contributed by atoms with E-state index in [-0.39, 0.29) is 0 Å². The van der Waals surface area contributed by atoms with Crippen LogP contribution in [0.4, 0.5) is 5.69 Å². The average molecular weight is 262 g/mol. The number of benzene rings is 1. The van der Waals surface area contributed by atoms with Crippen LogP contribution < -0.4 is 11.1 Å². The van der Waals surface area contributed by atoms with Crippen molar-refractivity contribution in [3.05, 3.63) is 40.4 Å². The van der Waals surface area contributed by atoms with Gasteiger partial charge in [-0.25, -0.2) is 0 Å². The summed E-state index contributed by atoms with van der Waals surface area (Å²) in [5.74, 6) is 0.561. The smallest absolute Gasteiger partial charge is 0.0678 e. The predicted molar refractivity (Wildman–Crippen MR) is 75.3 cm³/mol. The summed E-state index contributed by atoms with van der Waals surface area (Å²) in [5, 5.41) is 12.4. The van der Waals surface area contributed by atoms with E-state index in [2.05, 4.69) is 11.4 Å². The molecule has 1 aromatic carbocycles. The molecule has 4 N–H and O–H groups in total. The maximum Gasteiger partial charge on any atom is 0.0678 e. The highest BCUT2D eigenvalue weighted by molar-refractivity contribution is 6.34. The lowest BCUT2D eigenvalue weighted by molar-refractivity contribution is 0.355. The van der Waals surface area contributed by atoms with Crippen LogP contribution in [0.2, 0.25) is 5.02 Å². The van der Waals surface area contributed by atoms with Gasteiger partial charge in [-0.3, -0.25) is 5.41 Å². The van der Waals surface area contributed by atoms with E-state index >= 15 is 0 Å². The van der Waals surface area contributed by atoms with E-state index < -0.39 is 0 Å². The molecule has 2 bridgehead atoms. The highest BCUT2D eigenvalue weighted by Gasteiger charge is 2.31. The Labute approximate surface area is 112 Å². The van der Waals surface area contributed by atoms with Crippen molar-refractivity contribution >= 4 is 23.0 Å². The van der Waals surface area contributed by atoms with Gasteiger partial charge >= 0.3 is 0 Å². The summed E-state index contributed by atoms with van der Waals surface area (Å²) in [6.07, 6.45) is 4.56. The summed E-state index contributed by atoms with van der Waals surface area (Å²) in [7, 11) is 0. The number of hydrogen-bond donors (Lipinski definition) is 3. The van der Waals surface area contributed by atoms with Gasteiger partial charge in [-0.2, -0.15) is 0 Å². The molecule has 2 heterocycles. The molecule has 2 aliphatic heterocycles. The number of hydrogen-bond acceptors (Lipinski definition) is 3. The number of nitrogens with two attached hydrogens (primary N) is 1. The van der Waals surface area contributed by atoms with Gasteiger partial charge in [-0.15, -0.1) is 0 Å². The lowest BCUT2D eigenvalue weighted by atomic mass is 9.79. The third-order valence-electron chi connectivity index (χ3n) is 3.85. The van der Waals surface area contributed by atoms with E-state index in [0.717, 1.165) is 24.1 Å². The minimum atomic E-state index is 0.306. The second-order valence-electron chi connectivity index (χ2n) is 5.00. The first-order valence-corrected chi connectivity index (χ1v) is 6.63. The first-order valence-electron chi connectivity index (χ1n) is 6.25. The Morgan fingerprint density at radius 2 is 2.22 bits per heavy atom. The van der Waals surface area contributed by atoms with E-state index in [9.17, 15) is 0 Å². The molecule has 0 spiro atoms. The van der Waals surface area contributed by atoms with E-state index in [1.54, 1.807) is 6.07 Å². The Kier molecular flexibility index (Phi) is 2.88. The predicted octanol–water partition coefficient (Wildman–Crippen LogP) is 2.60. The number of anilines is 1. The molecule has 2 unspecified atom stereocenters. The summed E-state index contributed by atoms with van der Waals surface area (Å²) in [4.78, 5) is 0. The summed E-state index contributed by atoms with van der Waals surface area (Å²) < 4.78 is 0. The lowest BCUT2D eigenvalue weighted by Crippen LogP contribution is -2.45. The van der Waals surface area contributed by atoms with E-state index in [1.165, 1.54) is 6.42 Å². The molecule has 1 aromatic rings. The molecule has 0 radical (unpaired) electrons. The first kappa shape index (κ1) is 11.8. The number of nitrogen functional groups attached to an aromatic ring is 1. The number of halogens is 1. The van der Waals surface area contributed by atoms with Crippen molar-refractivity contribution in [2.75, 3.05) is 12.3 Å². The number of para-hydroxylation sites is 1. The Morgan fingerprint density at radius 1 is 1.39 bits per heavy atom. The number of rotatable bonds is 2. The van der Waals surface area contributed by atoms with Crippen molar-refractivity contribution in [1.29, 1.82) is 5.41 Å². The molecule has 4 rings (SSSR count). The summed E-state index contributed by atoms with van der Waals surface area (Å²) in [6.45, 7) is 1.03. The van der Waals surface area contributed by atoms with Crippen molar-refractivity contribution in [3.63, 3.8) is 0 Å².